The first-order valence-electron chi connectivity index (χ1n) is 5.20. The Bertz CT molecular complexity index is 477. The number of amides is 1. The average Bonchev–Trinajstić information content (AvgIpc) is 2.30. The Morgan fingerprint density at radius 2 is 2.16 bits per heavy atom. The van der Waals surface area contributed by atoms with Gasteiger partial charge in [0.05, 0.1) is 17.0 Å². The number of halogens is 4. The number of benzene rings is 1. The molecule has 0 spiro atoms. The van der Waals surface area contributed by atoms with Crippen molar-refractivity contribution in [3.63, 3.8) is 0 Å². The van der Waals surface area contributed by atoms with Crippen LogP contribution < -0.4 is 5.32 Å². The summed E-state index contributed by atoms with van der Waals surface area (Å²) in [6.45, 7) is 3.48. The van der Waals surface area contributed by atoms with Gasteiger partial charge in [0.2, 0.25) is 5.91 Å². The van der Waals surface area contributed by atoms with Gasteiger partial charge in [0.1, 0.15) is 0 Å². The summed E-state index contributed by atoms with van der Waals surface area (Å²) >= 11 is 6.79. The number of anilines is 1. The molecule has 0 unspecified atom stereocenters. The van der Waals surface area contributed by atoms with Gasteiger partial charge in [0, 0.05) is 10.8 Å². The minimum absolute atomic E-state index is 0.0358. The zero-order valence-corrected chi connectivity index (χ0v) is 11.3. The molecular weight excluding hydrogens is 299 g/mol. The van der Waals surface area contributed by atoms with Crippen LogP contribution in [0.3, 0.4) is 0 Å². The van der Waals surface area contributed by atoms with Gasteiger partial charge in [-0.25, -0.2) is 0 Å². The Balaban J connectivity index is 2.83. The van der Waals surface area contributed by atoms with Crippen LogP contribution in [0.15, 0.2) is 30.9 Å². The fourth-order valence-electron chi connectivity index (χ4n) is 1.28. The van der Waals surface area contributed by atoms with Crippen LogP contribution in [0.2, 0.25) is 5.02 Å². The van der Waals surface area contributed by atoms with Crippen LogP contribution in [0.4, 0.5) is 18.9 Å². The Hall–Kier alpha value is -1.14. The summed E-state index contributed by atoms with van der Waals surface area (Å²) in [5.41, 5.74) is -1.25. The highest BCUT2D eigenvalue weighted by Crippen LogP contribution is 2.36. The van der Waals surface area contributed by atoms with Crippen molar-refractivity contribution in [1.82, 2.24) is 0 Å². The molecule has 1 aromatic rings. The highest BCUT2D eigenvalue weighted by Gasteiger charge is 2.34. The molecule has 0 aliphatic carbocycles. The lowest BCUT2D eigenvalue weighted by atomic mass is 10.1. The number of hydrogen-bond donors (Lipinski definition) is 1. The van der Waals surface area contributed by atoms with Crippen molar-refractivity contribution in [2.75, 3.05) is 16.8 Å². The highest BCUT2D eigenvalue weighted by atomic mass is 35.5. The predicted octanol–water partition coefficient (Wildman–Crippen LogP) is 4.22. The van der Waals surface area contributed by atoms with Crippen LogP contribution in [0, 0.1) is 0 Å². The number of nitrogens with one attached hydrogen (secondary N) is 1. The fourth-order valence-corrected chi connectivity index (χ4v) is 2.00. The van der Waals surface area contributed by atoms with E-state index in [1.807, 2.05) is 0 Å². The van der Waals surface area contributed by atoms with Crippen molar-refractivity contribution in [2.24, 2.45) is 0 Å². The number of carbonyl (C=O) groups is 1. The Morgan fingerprint density at radius 3 is 2.74 bits per heavy atom. The molecule has 0 heterocycles. The van der Waals surface area contributed by atoms with Gasteiger partial charge in [-0.1, -0.05) is 17.7 Å². The second kappa shape index (κ2) is 6.86. The molecule has 104 valence electrons. The van der Waals surface area contributed by atoms with E-state index in [4.69, 9.17) is 11.6 Å². The van der Waals surface area contributed by atoms with Crippen molar-refractivity contribution in [3.8, 4) is 0 Å². The summed E-state index contributed by atoms with van der Waals surface area (Å²) in [5, 5.41) is 2.19. The number of rotatable bonds is 5. The van der Waals surface area contributed by atoms with E-state index in [2.05, 4.69) is 11.9 Å². The molecular formula is C12H11ClF3NOS. The summed E-state index contributed by atoms with van der Waals surface area (Å²) in [4.78, 5) is 11.5. The lowest BCUT2D eigenvalue weighted by Crippen LogP contribution is -2.18. The molecule has 1 N–H and O–H groups in total. The van der Waals surface area contributed by atoms with E-state index in [-0.39, 0.29) is 16.5 Å². The molecule has 0 atom stereocenters. The summed E-state index contributed by atoms with van der Waals surface area (Å²) < 4.78 is 38.3. The Kier molecular flexibility index (Phi) is 5.75. The molecule has 19 heavy (non-hydrogen) atoms. The second-order valence-electron chi connectivity index (χ2n) is 3.54. The second-order valence-corrected chi connectivity index (χ2v) is 5.01. The van der Waals surface area contributed by atoms with Crippen LogP contribution in [-0.4, -0.2) is 17.4 Å². The van der Waals surface area contributed by atoms with Crippen LogP contribution in [0.5, 0.6) is 0 Å². The quantitative estimate of drug-likeness (QED) is 0.652. The molecule has 0 fully saturated rings. The first-order chi connectivity index (χ1) is 8.84. The van der Waals surface area contributed by atoms with E-state index < -0.39 is 17.6 Å². The minimum atomic E-state index is -4.57. The normalized spacial score (nSPS) is 11.2. The number of thioether (sulfide) groups is 1. The summed E-state index contributed by atoms with van der Waals surface area (Å²) in [5.74, 6) is 0.117. The Morgan fingerprint density at radius 1 is 1.47 bits per heavy atom. The standard InChI is InChI=1S/C12H11ClF3NOS/c1-2-5-19-7-11(18)17-10-4-3-8(13)6-9(10)12(14,15)16/h2-4,6H,1,5,7H2,(H,17,18). The molecule has 0 aliphatic rings. The molecule has 0 saturated carbocycles. The molecule has 2 nitrogen and oxygen atoms in total. The predicted molar refractivity (Wildman–Crippen MR) is 72.6 cm³/mol. The van der Waals surface area contributed by atoms with Gasteiger partial charge < -0.3 is 5.32 Å². The molecule has 0 radical (unpaired) electrons. The lowest BCUT2D eigenvalue weighted by molar-refractivity contribution is -0.136. The average molecular weight is 310 g/mol. The molecule has 1 rings (SSSR count). The van der Waals surface area contributed by atoms with E-state index in [9.17, 15) is 18.0 Å². The summed E-state index contributed by atoms with van der Waals surface area (Å²) in [6.07, 6.45) is -2.96. The monoisotopic (exact) mass is 309 g/mol. The van der Waals surface area contributed by atoms with Crippen LogP contribution in [0.1, 0.15) is 5.56 Å². The molecule has 0 bridgehead atoms. The highest BCUT2D eigenvalue weighted by molar-refractivity contribution is 8.00. The van der Waals surface area contributed by atoms with E-state index in [1.165, 1.54) is 17.8 Å². The first kappa shape index (κ1) is 15.9. The molecule has 0 aliphatic heterocycles. The first-order valence-corrected chi connectivity index (χ1v) is 6.73. The largest absolute Gasteiger partial charge is 0.418 e. The third-order valence-electron chi connectivity index (χ3n) is 2.03. The molecule has 1 amide bonds. The fraction of sp³-hybridized carbons (Fsp3) is 0.250. The Labute approximate surface area is 118 Å². The number of carbonyl (C=O) groups excluding carboxylic acids is 1. The summed E-state index contributed by atoms with van der Waals surface area (Å²) in [6, 6.07) is 3.22. The smallest absolute Gasteiger partial charge is 0.325 e. The van der Waals surface area contributed by atoms with Gasteiger partial charge in [0.25, 0.3) is 0 Å². The third-order valence-corrected chi connectivity index (χ3v) is 3.20. The van der Waals surface area contributed by atoms with Crippen molar-refractivity contribution in [1.29, 1.82) is 0 Å². The van der Waals surface area contributed by atoms with E-state index in [0.717, 1.165) is 12.1 Å². The van der Waals surface area contributed by atoms with Gasteiger partial charge in [-0.15, -0.1) is 18.3 Å². The molecule has 0 saturated heterocycles. The zero-order valence-electron chi connectivity index (χ0n) is 9.76. The summed E-state index contributed by atoms with van der Waals surface area (Å²) in [7, 11) is 0. The number of hydrogen-bond acceptors (Lipinski definition) is 2. The van der Waals surface area contributed by atoms with Gasteiger partial charge in [-0.05, 0) is 18.2 Å². The van der Waals surface area contributed by atoms with Gasteiger partial charge >= 0.3 is 6.18 Å². The molecule has 1 aromatic carbocycles. The lowest BCUT2D eigenvalue weighted by Gasteiger charge is -2.14. The van der Waals surface area contributed by atoms with E-state index >= 15 is 0 Å². The maximum atomic E-state index is 12.8. The molecule has 0 aromatic heterocycles. The number of alkyl halides is 3. The van der Waals surface area contributed by atoms with Gasteiger partial charge in [-0.2, -0.15) is 13.2 Å². The van der Waals surface area contributed by atoms with Crippen LogP contribution in [-0.2, 0) is 11.0 Å². The van der Waals surface area contributed by atoms with E-state index in [1.54, 1.807) is 6.08 Å². The minimum Gasteiger partial charge on any atom is -0.325 e. The topological polar surface area (TPSA) is 29.1 Å². The maximum absolute atomic E-state index is 12.8. The van der Waals surface area contributed by atoms with Crippen molar-refractivity contribution >= 4 is 35.0 Å². The van der Waals surface area contributed by atoms with Crippen molar-refractivity contribution < 1.29 is 18.0 Å². The zero-order chi connectivity index (χ0) is 14.5. The van der Waals surface area contributed by atoms with E-state index in [0.29, 0.717) is 5.75 Å². The SMILES string of the molecule is C=CCSCC(=O)Nc1ccc(Cl)cc1C(F)(F)F. The van der Waals surface area contributed by atoms with Gasteiger partial charge in [-0.3, -0.25) is 4.79 Å². The van der Waals surface area contributed by atoms with Crippen molar-refractivity contribution in [3.05, 3.63) is 41.4 Å². The van der Waals surface area contributed by atoms with Gasteiger partial charge in [0.15, 0.2) is 0 Å². The van der Waals surface area contributed by atoms with Crippen LogP contribution in [0.25, 0.3) is 0 Å². The third kappa shape index (κ3) is 5.16. The molecule has 7 heteroatoms. The van der Waals surface area contributed by atoms with Crippen LogP contribution >= 0.6 is 23.4 Å². The maximum Gasteiger partial charge on any atom is 0.418 e. The van der Waals surface area contributed by atoms with Crippen molar-refractivity contribution in [2.45, 2.75) is 6.18 Å².